The second-order valence-electron chi connectivity index (χ2n) is 8.21. The molecule has 0 aromatic heterocycles. The standard InChI is InChI=1S/C12H27N.C10H23N.C4H11N/c1-4-7-10-13(11-8-5-2)12-9-6-3;1-3-5-7-9-11-10-8-6-4-2;1-2-3-4-5/h4-12H2,1-3H3;11H,3-10H2,1-2H3;2-5H2,1H3. The van der Waals surface area contributed by atoms with Crippen LogP contribution in [0, 0.1) is 0 Å². The van der Waals surface area contributed by atoms with E-state index in [1.807, 2.05) is 0 Å². The summed E-state index contributed by atoms with van der Waals surface area (Å²) < 4.78 is 0. The molecule has 3 heteroatoms. The molecule has 29 heavy (non-hydrogen) atoms. The van der Waals surface area contributed by atoms with Crippen molar-refractivity contribution < 1.29 is 0 Å². The Hall–Kier alpha value is -0.120. The van der Waals surface area contributed by atoms with Crippen molar-refractivity contribution in [3.63, 3.8) is 0 Å². The molecule has 0 spiro atoms. The molecule has 0 fully saturated rings. The smallest absolute Gasteiger partial charge is 0.00188 e. The van der Waals surface area contributed by atoms with E-state index >= 15 is 0 Å². The van der Waals surface area contributed by atoms with Gasteiger partial charge in [0.1, 0.15) is 0 Å². The van der Waals surface area contributed by atoms with E-state index in [9.17, 15) is 0 Å². The Labute approximate surface area is 187 Å². The number of hydrogen-bond acceptors (Lipinski definition) is 3. The van der Waals surface area contributed by atoms with Crippen molar-refractivity contribution in [1.29, 1.82) is 0 Å². The van der Waals surface area contributed by atoms with E-state index < -0.39 is 0 Å². The summed E-state index contributed by atoms with van der Waals surface area (Å²) in [6.07, 6.45) is 18.6. The summed E-state index contributed by atoms with van der Waals surface area (Å²) in [5.74, 6) is 0. The molecule has 0 saturated heterocycles. The Balaban J connectivity index is -0.000000383. The van der Waals surface area contributed by atoms with Crippen LogP contribution in [0.4, 0.5) is 0 Å². The van der Waals surface area contributed by atoms with Crippen LogP contribution in [0.3, 0.4) is 0 Å². The molecule has 0 atom stereocenters. The summed E-state index contributed by atoms with van der Waals surface area (Å²) in [4.78, 5) is 2.64. The minimum Gasteiger partial charge on any atom is -0.330 e. The Bertz CT molecular complexity index is 205. The maximum Gasteiger partial charge on any atom is -0.00188 e. The second-order valence-corrected chi connectivity index (χ2v) is 8.21. The fourth-order valence-electron chi connectivity index (χ4n) is 2.81. The molecular formula is C26H61N3. The Morgan fingerprint density at radius 2 is 0.828 bits per heavy atom. The maximum atomic E-state index is 5.14. The molecule has 0 unspecified atom stereocenters. The zero-order valence-corrected chi connectivity index (χ0v) is 21.7. The average Bonchev–Trinajstić information content (AvgIpc) is 2.74. The molecule has 0 amide bonds. The largest absolute Gasteiger partial charge is 0.330 e. The topological polar surface area (TPSA) is 41.3 Å². The lowest BCUT2D eigenvalue weighted by Crippen LogP contribution is -2.27. The van der Waals surface area contributed by atoms with Crippen LogP contribution in [0.1, 0.15) is 131 Å². The van der Waals surface area contributed by atoms with Crippen LogP contribution in [0.5, 0.6) is 0 Å². The van der Waals surface area contributed by atoms with Gasteiger partial charge in [-0.3, -0.25) is 0 Å². The third-order valence-electron chi connectivity index (χ3n) is 4.96. The van der Waals surface area contributed by atoms with Crippen molar-refractivity contribution in [2.24, 2.45) is 5.73 Å². The zero-order valence-electron chi connectivity index (χ0n) is 21.7. The molecule has 0 aromatic carbocycles. The van der Waals surface area contributed by atoms with Gasteiger partial charge in [-0.25, -0.2) is 0 Å². The molecule has 0 aliphatic carbocycles. The SMILES string of the molecule is CCCCCNCCCCC.CCCCN.CCCCN(CCCC)CCCC. The van der Waals surface area contributed by atoms with Crippen molar-refractivity contribution in [2.45, 2.75) is 131 Å². The van der Waals surface area contributed by atoms with Crippen LogP contribution >= 0.6 is 0 Å². The predicted molar refractivity (Wildman–Crippen MR) is 137 cm³/mol. The highest BCUT2D eigenvalue weighted by Crippen LogP contribution is 2.01. The highest BCUT2D eigenvalue weighted by atomic mass is 15.1. The number of nitrogens with one attached hydrogen (secondary N) is 1. The van der Waals surface area contributed by atoms with Gasteiger partial charge in [-0.05, 0) is 77.8 Å². The molecule has 0 saturated carbocycles. The summed E-state index contributed by atoms with van der Waals surface area (Å²) >= 11 is 0. The second kappa shape index (κ2) is 35.3. The van der Waals surface area contributed by atoms with Gasteiger partial charge in [0, 0.05) is 0 Å². The first-order valence-electron chi connectivity index (χ1n) is 13.3. The Morgan fingerprint density at radius 3 is 1.07 bits per heavy atom. The lowest BCUT2D eigenvalue weighted by molar-refractivity contribution is 0.261. The van der Waals surface area contributed by atoms with Crippen LogP contribution in [0.2, 0.25) is 0 Å². The number of nitrogens with zero attached hydrogens (tertiary/aromatic N) is 1. The van der Waals surface area contributed by atoms with Gasteiger partial charge in [0.2, 0.25) is 0 Å². The summed E-state index contributed by atoms with van der Waals surface area (Å²) in [7, 11) is 0. The van der Waals surface area contributed by atoms with Crippen LogP contribution in [0.15, 0.2) is 0 Å². The van der Waals surface area contributed by atoms with Gasteiger partial charge >= 0.3 is 0 Å². The van der Waals surface area contributed by atoms with E-state index in [1.165, 1.54) is 123 Å². The molecule has 0 bridgehead atoms. The van der Waals surface area contributed by atoms with Crippen molar-refractivity contribution in [3.05, 3.63) is 0 Å². The van der Waals surface area contributed by atoms with E-state index in [-0.39, 0.29) is 0 Å². The Morgan fingerprint density at radius 1 is 0.483 bits per heavy atom. The van der Waals surface area contributed by atoms with E-state index in [2.05, 4.69) is 51.8 Å². The lowest BCUT2D eigenvalue weighted by atomic mass is 10.2. The van der Waals surface area contributed by atoms with Crippen LogP contribution in [-0.4, -0.2) is 44.2 Å². The van der Waals surface area contributed by atoms with Gasteiger partial charge in [0.05, 0.1) is 0 Å². The van der Waals surface area contributed by atoms with E-state index in [4.69, 9.17) is 5.73 Å². The summed E-state index contributed by atoms with van der Waals surface area (Å²) in [6.45, 7) is 20.7. The average molecular weight is 416 g/mol. The lowest BCUT2D eigenvalue weighted by Gasteiger charge is -2.21. The fourth-order valence-corrected chi connectivity index (χ4v) is 2.81. The number of unbranched alkanes of at least 4 members (excludes halogenated alkanes) is 8. The van der Waals surface area contributed by atoms with E-state index in [0.717, 1.165) is 6.54 Å². The van der Waals surface area contributed by atoms with Crippen LogP contribution in [0.25, 0.3) is 0 Å². The molecule has 3 nitrogen and oxygen atoms in total. The number of rotatable bonds is 19. The maximum absolute atomic E-state index is 5.14. The quantitative estimate of drug-likeness (QED) is 0.216. The summed E-state index contributed by atoms with van der Waals surface area (Å²) in [5, 5.41) is 3.46. The van der Waals surface area contributed by atoms with Gasteiger partial charge in [0.25, 0.3) is 0 Å². The van der Waals surface area contributed by atoms with E-state index in [1.54, 1.807) is 0 Å². The normalized spacial score (nSPS) is 10.3. The molecule has 3 N–H and O–H groups in total. The molecule has 0 aromatic rings. The van der Waals surface area contributed by atoms with Gasteiger partial charge in [0.15, 0.2) is 0 Å². The van der Waals surface area contributed by atoms with Crippen molar-refractivity contribution >= 4 is 0 Å². The van der Waals surface area contributed by atoms with Crippen LogP contribution < -0.4 is 11.1 Å². The number of nitrogens with two attached hydrogens (primary N) is 1. The van der Waals surface area contributed by atoms with Crippen LogP contribution in [-0.2, 0) is 0 Å². The summed E-state index contributed by atoms with van der Waals surface area (Å²) in [5.41, 5.74) is 5.14. The monoisotopic (exact) mass is 415 g/mol. The molecule has 0 radical (unpaired) electrons. The first kappa shape index (κ1) is 33.5. The highest BCUT2D eigenvalue weighted by Gasteiger charge is 2.01. The van der Waals surface area contributed by atoms with Crippen molar-refractivity contribution in [1.82, 2.24) is 10.2 Å². The van der Waals surface area contributed by atoms with Gasteiger partial charge in [-0.15, -0.1) is 0 Å². The third-order valence-corrected chi connectivity index (χ3v) is 4.96. The predicted octanol–water partition coefficient (Wildman–Crippen LogP) is 7.39. The first-order chi connectivity index (χ1) is 14.2. The minimum absolute atomic E-state index is 0.844. The molecule has 180 valence electrons. The van der Waals surface area contributed by atoms with Gasteiger partial charge in [-0.2, -0.15) is 0 Å². The molecule has 0 heterocycles. The van der Waals surface area contributed by atoms with Crippen molar-refractivity contribution in [2.75, 3.05) is 39.3 Å². The third kappa shape index (κ3) is 39.0. The molecule has 0 aliphatic rings. The van der Waals surface area contributed by atoms with E-state index in [0.29, 0.717) is 0 Å². The number of hydrogen-bond donors (Lipinski definition) is 2. The van der Waals surface area contributed by atoms with Crippen molar-refractivity contribution in [3.8, 4) is 0 Å². The zero-order chi connectivity index (χ0) is 22.4. The molecule has 0 aliphatic heterocycles. The van der Waals surface area contributed by atoms with Gasteiger partial charge < -0.3 is 16.0 Å². The Kier molecular flexibility index (Phi) is 40.8. The summed E-state index contributed by atoms with van der Waals surface area (Å²) in [6, 6.07) is 0. The molecule has 0 rings (SSSR count). The minimum atomic E-state index is 0.844. The highest BCUT2D eigenvalue weighted by molar-refractivity contribution is 4.57. The first-order valence-corrected chi connectivity index (χ1v) is 13.3. The fraction of sp³-hybridized carbons (Fsp3) is 1.00. The van der Waals surface area contributed by atoms with Gasteiger partial charge in [-0.1, -0.05) is 92.9 Å². The molecular weight excluding hydrogens is 354 g/mol.